The summed E-state index contributed by atoms with van der Waals surface area (Å²) in [5.41, 5.74) is 1.77. The second kappa shape index (κ2) is 12.0. The smallest absolute Gasteiger partial charge is 0.330 e. The van der Waals surface area contributed by atoms with Gasteiger partial charge in [0.1, 0.15) is 12.4 Å². The van der Waals surface area contributed by atoms with Gasteiger partial charge in [0.05, 0.1) is 37.7 Å². The van der Waals surface area contributed by atoms with Crippen LogP contribution in [0, 0.1) is 5.92 Å². The number of hydrogen-bond acceptors (Lipinski definition) is 8. The maximum atomic E-state index is 13.2. The molecule has 11 heteroatoms. The van der Waals surface area contributed by atoms with Crippen molar-refractivity contribution in [3.63, 3.8) is 0 Å². The molecule has 1 amide bonds. The lowest BCUT2D eigenvalue weighted by molar-refractivity contribution is -0.161. The Hall–Kier alpha value is -3.41. The van der Waals surface area contributed by atoms with Crippen molar-refractivity contribution in [2.45, 2.75) is 37.2 Å². The van der Waals surface area contributed by atoms with Gasteiger partial charge in [-0.15, -0.1) is 0 Å². The number of esters is 1. The molecule has 1 aromatic carbocycles. The number of sulfonamides is 1. The van der Waals surface area contributed by atoms with Crippen molar-refractivity contribution < 1.29 is 32.2 Å². The van der Waals surface area contributed by atoms with Crippen molar-refractivity contribution in [3.8, 4) is 5.75 Å². The molecular formula is C29H37N3O7S. The third-order valence-corrected chi connectivity index (χ3v) is 8.79. The minimum Gasteiger partial charge on any atom is -0.489 e. The molecule has 0 saturated carbocycles. The number of hydrogen-bond donors (Lipinski definition) is 1. The van der Waals surface area contributed by atoms with E-state index in [1.54, 1.807) is 33.1 Å². The number of rotatable bonds is 11. The molecule has 1 atom stereocenters. The average molecular weight is 572 g/mol. The minimum atomic E-state index is -4.09. The predicted octanol–water partition coefficient (Wildman–Crippen LogP) is 2.41. The second-order valence-electron chi connectivity index (χ2n) is 10.4. The summed E-state index contributed by atoms with van der Waals surface area (Å²) < 4.78 is 45.0. The summed E-state index contributed by atoms with van der Waals surface area (Å²) in [5, 5.41) is 0. The van der Waals surface area contributed by atoms with Crippen LogP contribution in [-0.4, -0.2) is 88.7 Å². The summed E-state index contributed by atoms with van der Waals surface area (Å²) in [6, 6.07) is 6.12. The van der Waals surface area contributed by atoms with Crippen LogP contribution < -0.4 is 9.46 Å². The number of methoxy groups -OCH3 is 2. The van der Waals surface area contributed by atoms with E-state index in [1.165, 1.54) is 24.1 Å². The largest absolute Gasteiger partial charge is 0.489 e. The Morgan fingerprint density at radius 1 is 1.12 bits per heavy atom. The van der Waals surface area contributed by atoms with Gasteiger partial charge in [-0.1, -0.05) is 38.2 Å². The summed E-state index contributed by atoms with van der Waals surface area (Å²) in [4.78, 5) is 28.5. The van der Waals surface area contributed by atoms with Crippen LogP contribution in [0.15, 0.2) is 76.4 Å². The van der Waals surface area contributed by atoms with E-state index in [-0.39, 0.29) is 35.9 Å². The highest BCUT2D eigenvalue weighted by Crippen LogP contribution is 2.31. The van der Waals surface area contributed by atoms with Crippen LogP contribution in [-0.2, 0) is 29.1 Å². The van der Waals surface area contributed by atoms with Crippen LogP contribution in [0.1, 0.15) is 20.8 Å². The number of carbonyl (C=O) groups excluding carboxylic acids is 2. The third-order valence-electron chi connectivity index (χ3n) is 7.24. The first-order valence-corrected chi connectivity index (χ1v) is 14.7. The summed E-state index contributed by atoms with van der Waals surface area (Å²) >= 11 is 0. The first kappa shape index (κ1) is 29.6. The Bertz CT molecular complexity index is 1350. The van der Waals surface area contributed by atoms with Crippen LogP contribution in [0.5, 0.6) is 5.75 Å². The van der Waals surface area contributed by atoms with Crippen LogP contribution in [0.2, 0.25) is 0 Å². The van der Waals surface area contributed by atoms with Crippen molar-refractivity contribution in [1.29, 1.82) is 0 Å². The van der Waals surface area contributed by atoms with E-state index in [9.17, 15) is 18.0 Å². The predicted molar refractivity (Wildman–Crippen MR) is 150 cm³/mol. The van der Waals surface area contributed by atoms with Gasteiger partial charge in [-0.2, -0.15) is 4.72 Å². The Morgan fingerprint density at radius 2 is 1.82 bits per heavy atom. The number of ether oxygens (including phenoxy) is 3. The van der Waals surface area contributed by atoms with Gasteiger partial charge < -0.3 is 24.0 Å². The van der Waals surface area contributed by atoms with Crippen LogP contribution in [0.3, 0.4) is 0 Å². The lowest BCUT2D eigenvalue weighted by Crippen LogP contribution is -2.75. The molecule has 1 saturated heterocycles. The zero-order valence-electron chi connectivity index (χ0n) is 23.5. The molecule has 3 aliphatic rings. The average Bonchev–Trinajstić information content (AvgIpc) is 2.92. The fourth-order valence-electron chi connectivity index (χ4n) is 5.12. The Kier molecular flexibility index (Phi) is 8.86. The van der Waals surface area contributed by atoms with Crippen LogP contribution >= 0.6 is 0 Å². The Balaban J connectivity index is 1.44. The molecule has 1 aliphatic carbocycles. The lowest BCUT2D eigenvalue weighted by Gasteiger charge is -2.48. The highest BCUT2D eigenvalue weighted by atomic mass is 32.2. The number of fused-ring (bicyclic) bond motifs is 1. The van der Waals surface area contributed by atoms with Gasteiger partial charge in [0.15, 0.2) is 5.54 Å². The fourth-order valence-corrected chi connectivity index (χ4v) is 6.46. The number of nitrogens with one attached hydrogen (secondary N) is 1. The van der Waals surface area contributed by atoms with Gasteiger partial charge in [0.2, 0.25) is 15.9 Å². The number of carbonyl (C=O) groups is 2. The van der Waals surface area contributed by atoms with Gasteiger partial charge in [0, 0.05) is 25.3 Å². The molecule has 0 aromatic heterocycles. The minimum absolute atomic E-state index is 0.0265. The first-order chi connectivity index (χ1) is 19.0. The maximum absolute atomic E-state index is 13.2. The summed E-state index contributed by atoms with van der Waals surface area (Å²) in [6.45, 7) is 7.09. The molecule has 1 unspecified atom stereocenters. The highest BCUT2D eigenvalue weighted by molar-refractivity contribution is 7.89. The topological polar surface area (TPSA) is 114 Å². The molecule has 0 spiro atoms. The number of likely N-dealkylation sites (tertiary alicyclic amines) is 1. The van der Waals surface area contributed by atoms with Crippen molar-refractivity contribution in [3.05, 3.63) is 71.5 Å². The Morgan fingerprint density at radius 3 is 2.45 bits per heavy atom. The molecular weight excluding hydrogens is 534 g/mol. The molecule has 10 nitrogen and oxygen atoms in total. The number of amides is 1. The second-order valence-corrected chi connectivity index (χ2v) is 12.1. The summed E-state index contributed by atoms with van der Waals surface area (Å²) in [5.74, 6) is -0.657. The monoisotopic (exact) mass is 571 g/mol. The number of allylic oxidation sites excluding steroid dienone is 3. The molecule has 1 aromatic rings. The SMILES string of the molecule is COCCN1C(C)=CC(COc2ccc(S(=O)(=O)NC3(C(=O)OC)CN(C(=O)C(C)C)C3)cc2)=C2C=CC=CC21. The van der Waals surface area contributed by atoms with E-state index in [1.807, 2.05) is 12.2 Å². The molecule has 2 heterocycles. The van der Waals surface area contributed by atoms with Gasteiger partial charge in [-0.3, -0.25) is 4.79 Å². The molecule has 2 aliphatic heterocycles. The molecule has 1 N–H and O–H groups in total. The normalized spacial score (nSPS) is 19.8. The van der Waals surface area contributed by atoms with Crippen LogP contribution in [0.25, 0.3) is 0 Å². The van der Waals surface area contributed by atoms with E-state index in [4.69, 9.17) is 14.2 Å². The van der Waals surface area contributed by atoms with E-state index >= 15 is 0 Å². The van der Waals surface area contributed by atoms with E-state index in [2.05, 4.69) is 34.8 Å². The van der Waals surface area contributed by atoms with Gasteiger partial charge >= 0.3 is 5.97 Å². The quantitative estimate of drug-likeness (QED) is 0.403. The van der Waals surface area contributed by atoms with Crippen LogP contribution in [0.4, 0.5) is 0 Å². The molecule has 40 heavy (non-hydrogen) atoms. The lowest BCUT2D eigenvalue weighted by atomic mass is 9.90. The third kappa shape index (κ3) is 6.01. The Labute approximate surface area is 236 Å². The van der Waals surface area contributed by atoms with Crippen molar-refractivity contribution in [2.24, 2.45) is 5.92 Å². The number of nitrogens with zero attached hydrogens (tertiary/aromatic N) is 2. The molecule has 216 valence electrons. The summed E-state index contributed by atoms with van der Waals surface area (Å²) in [7, 11) is -1.21. The maximum Gasteiger partial charge on any atom is 0.330 e. The number of benzene rings is 1. The molecule has 4 rings (SSSR count). The highest BCUT2D eigenvalue weighted by Gasteiger charge is 2.54. The van der Waals surface area contributed by atoms with Gasteiger partial charge in [0.25, 0.3) is 0 Å². The van der Waals surface area contributed by atoms with Gasteiger partial charge in [-0.05, 0) is 48.4 Å². The van der Waals surface area contributed by atoms with Crippen molar-refractivity contribution >= 4 is 21.9 Å². The van der Waals surface area contributed by atoms with Crippen molar-refractivity contribution in [1.82, 2.24) is 14.5 Å². The zero-order valence-corrected chi connectivity index (χ0v) is 24.4. The molecule has 0 radical (unpaired) electrons. The van der Waals surface area contributed by atoms with Gasteiger partial charge in [-0.25, -0.2) is 13.2 Å². The van der Waals surface area contributed by atoms with E-state index in [0.717, 1.165) is 23.4 Å². The summed E-state index contributed by atoms with van der Waals surface area (Å²) in [6.07, 6.45) is 10.4. The molecule has 0 bridgehead atoms. The zero-order chi connectivity index (χ0) is 29.1. The standard InChI is InChI=1S/C29H37N3O7S/c1-20(2)27(33)31-18-29(19-31,28(34)38-5)30-40(35,36)24-12-10-23(11-13-24)39-17-22-16-21(3)32(14-15-37-4)26-9-7-6-8-25(22)26/h6-13,16,20,26,30H,14-15,17-19H2,1-5H3. The van der Waals surface area contributed by atoms with E-state index < -0.39 is 21.5 Å². The van der Waals surface area contributed by atoms with Crippen molar-refractivity contribution in [2.75, 3.05) is 47.1 Å². The molecule has 1 fully saturated rings. The van der Waals surface area contributed by atoms with E-state index in [0.29, 0.717) is 19.0 Å². The first-order valence-electron chi connectivity index (χ1n) is 13.2. The fraction of sp³-hybridized carbons (Fsp3) is 0.448.